The molecule has 3 heterocycles. The molecule has 0 saturated carbocycles. The van der Waals surface area contributed by atoms with Gasteiger partial charge in [-0.1, -0.05) is 47.5 Å². The van der Waals surface area contributed by atoms with E-state index in [1.165, 1.54) is 11.3 Å². The molecule has 1 aliphatic heterocycles. The second kappa shape index (κ2) is 16.9. The van der Waals surface area contributed by atoms with Crippen molar-refractivity contribution in [3.05, 3.63) is 92.6 Å². The summed E-state index contributed by atoms with van der Waals surface area (Å²) in [5, 5.41) is 13.1. The van der Waals surface area contributed by atoms with Crippen LogP contribution in [0, 0.1) is 0 Å². The first kappa shape index (κ1) is 33.1. The van der Waals surface area contributed by atoms with Gasteiger partial charge in [0.2, 0.25) is 5.91 Å². The van der Waals surface area contributed by atoms with Gasteiger partial charge in [-0.25, -0.2) is 0 Å². The lowest BCUT2D eigenvalue weighted by Crippen LogP contribution is -2.41. The molecular formula is C30H31Cl3N2O4S2. The van der Waals surface area contributed by atoms with Gasteiger partial charge in [-0.3, -0.25) is 14.5 Å². The Morgan fingerprint density at radius 1 is 0.780 bits per heavy atom. The Morgan fingerprint density at radius 2 is 1.27 bits per heavy atom. The first-order chi connectivity index (χ1) is 19.4. The number of carbonyl (C=O) groups is 2. The van der Waals surface area contributed by atoms with E-state index in [4.69, 9.17) is 33.0 Å². The zero-order valence-electron chi connectivity index (χ0n) is 22.2. The predicted molar refractivity (Wildman–Crippen MR) is 172 cm³/mol. The van der Waals surface area contributed by atoms with Crippen LogP contribution in [0.2, 0.25) is 10.0 Å². The Labute approximate surface area is 264 Å². The SMILES string of the molecule is Cl.O=C(Cc1ccc(-c2ccc(Cl)cc2)s1)NCCN1CCOCC1.O=C(O)Cc1ccc(-c2ccc(Cl)cc2)s1. The van der Waals surface area contributed by atoms with Gasteiger partial charge >= 0.3 is 5.97 Å². The summed E-state index contributed by atoms with van der Waals surface area (Å²) in [6.07, 6.45) is 0.514. The van der Waals surface area contributed by atoms with Crippen molar-refractivity contribution in [2.45, 2.75) is 12.8 Å². The van der Waals surface area contributed by atoms with Crippen molar-refractivity contribution in [2.75, 3.05) is 39.4 Å². The van der Waals surface area contributed by atoms with E-state index < -0.39 is 5.97 Å². The highest BCUT2D eigenvalue weighted by molar-refractivity contribution is 7.15. The Bertz CT molecular complexity index is 1390. The number of hydrogen-bond donors (Lipinski definition) is 2. The number of aliphatic carboxylic acids is 1. The molecule has 0 radical (unpaired) electrons. The summed E-state index contributed by atoms with van der Waals surface area (Å²) in [5.41, 5.74) is 2.19. The third-order valence-corrected chi connectivity index (χ3v) is 8.87. The van der Waals surface area contributed by atoms with Crippen LogP contribution in [-0.4, -0.2) is 61.3 Å². The number of carboxylic acids is 1. The molecule has 11 heteroatoms. The predicted octanol–water partition coefficient (Wildman–Crippen LogP) is 7.18. The minimum absolute atomic E-state index is 0. The average molecular weight is 654 g/mol. The Balaban J connectivity index is 0.000000238. The van der Waals surface area contributed by atoms with Crippen LogP contribution in [-0.2, 0) is 27.2 Å². The van der Waals surface area contributed by atoms with E-state index in [1.54, 1.807) is 11.3 Å². The molecule has 0 bridgehead atoms. The minimum atomic E-state index is -0.801. The molecule has 41 heavy (non-hydrogen) atoms. The number of hydrogen-bond acceptors (Lipinski definition) is 6. The molecule has 1 fully saturated rings. The molecule has 1 aliphatic rings. The van der Waals surface area contributed by atoms with Gasteiger partial charge in [0.25, 0.3) is 0 Å². The van der Waals surface area contributed by atoms with Crippen molar-refractivity contribution < 1.29 is 19.4 Å². The normalized spacial score (nSPS) is 13.0. The third-order valence-electron chi connectivity index (χ3n) is 6.09. The average Bonchev–Trinajstić information content (AvgIpc) is 3.60. The van der Waals surface area contributed by atoms with Crippen LogP contribution >= 0.6 is 58.3 Å². The molecule has 2 aromatic carbocycles. The summed E-state index contributed by atoms with van der Waals surface area (Å²) in [7, 11) is 0. The van der Waals surface area contributed by atoms with E-state index in [0.29, 0.717) is 18.0 Å². The Hall–Kier alpha value is -2.43. The van der Waals surface area contributed by atoms with Crippen LogP contribution in [0.4, 0.5) is 0 Å². The number of nitrogens with one attached hydrogen (secondary N) is 1. The number of carboxylic acid groups (broad SMARTS) is 1. The highest BCUT2D eigenvalue weighted by Gasteiger charge is 2.11. The molecule has 1 saturated heterocycles. The zero-order valence-corrected chi connectivity index (χ0v) is 26.1. The lowest BCUT2D eigenvalue weighted by molar-refractivity contribution is -0.136. The first-order valence-electron chi connectivity index (χ1n) is 12.8. The lowest BCUT2D eigenvalue weighted by atomic mass is 10.2. The number of carbonyl (C=O) groups excluding carboxylic acids is 1. The monoisotopic (exact) mass is 652 g/mol. The van der Waals surface area contributed by atoms with Crippen molar-refractivity contribution >= 4 is 70.2 Å². The molecule has 218 valence electrons. The van der Waals surface area contributed by atoms with Gasteiger partial charge in [-0.05, 0) is 59.7 Å². The van der Waals surface area contributed by atoms with Crippen molar-refractivity contribution in [2.24, 2.45) is 0 Å². The van der Waals surface area contributed by atoms with E-state index in [0.717, 1.165) is 68.5 Å². The number of rotatable bonds is 9. The van der Waals surface area contributed by atoms with Crippen molar-refractivity contribution in [3.63, 3.8) is 0 Å². The summed E-state index contributed by atoms with van der Waals surface area (Å²) in [5.74, 6) is -0.725. The number of thiophene rings is 2. The highest BCUT2D eigenvalue weighted by Crippen LogP contribution is 2.30. The van der Waals surface area contributed by atoms with Gasteiger partial charge in [0, 0.05) is 55.7 Å². The summed E-state index contributed by atoms with van der Waals surface area (Å²) in [4.78, 5) is 29.1. The molecule has 0 aliphatic carbocycles. The lowest BCUT2D eigenvalue weighted by Gasteiger charge is -2.26. The summed E-state index contributed by atoms with van der Waals surface area (Å²) < 4.78 is 5.32. The topological polar surface area (TPSA) is 78.9 Å². The maximum absolute atomic E-state index is 12.1. The maximum atomic E-state index is 12.1. The molecule has 2 N–H and O–H groups in total. The second-order valence-corrected chi connectivity index (χ2v) is 12.3. The molecule has 4 aromatic rings. The zero-order chi connectivity index (χ0) is 28.3. The van der Waals surface area contributed by atoms with Crippen LogP contribution in [0.5, 0.6) is 0 Å². The number of morpholine rings is 1. The van der Waals surface area contributed by atoms with Crippen LogP contribution in [0.25, 0.3) is 20.9 Å². The molecule has 0 spiro atoms. The quantitative estimate of drug-likeness (QED) is 0.200. The third kappa shape index (κ3) is 11.1. The summed E-state index contributed by atoms with van der Waals surface area (Å²) >= 11 is 14.9. The number of ether oxygens (including phenoxy) is 1. The number of nitrogens with zero attached hydrogens (tertiary/aromatic N) is 1. The van der Waals surface area contributed by atoms with E-state index >= 15 is 0 Å². The number of amides is 1. The second-order valence-electron chi connectivity index (χ2n) is 9.10. The number of halogens is 3. The van der Waals surface area contributed by atoms with Crippen molar-refractivity contribution in [1.29, 1.82) is 0 Å². The molecule has 1 amide bonds. The van der Waals surface area contributed by atoms with Crippen LogP contribution in [0.15, 0.2) is 72.8 Å². The molecule has 2 aromatic heterocycles. The van der Waals surface area contributed by atoms with Gasteiger partial charge in [-0.2, -0.15) is 0 Å². The van der Waals surface area contributed by atoms with Crippen LogP contribution < -0.4 is 5.32 Å². The first-order valence-corrected chi connectivity index (χ1v) is 15.2. The highest BCUT2D eigenvalue weighted by atomic mass is 35.5. The smallest absolute Gasteiger partial charge is 0.308 e. The van der Waals surface area contributed by atoms with Gasteiger partial charge in [0.05, 0.1) is 26.1 Å². The van der Waals surface area contributed by atoms with Gasteiger partial charge in [0.15, 0.2) is 0 Å². The Kier molecular flexibility index (Phi) is 13.6. The largest absolute Gasteiger partial charge is 0.481 e. The molecular weight excluding hydrogens is 623 g/mol. The minimum Gasteiger partial charge on any atom is -0.481 e. The van der Waals surface area contributed by atoms with Crippen molar-refractivity contribution in [1.82, 2.24) is 10.2 Å². The summed E-state index contributed by atoms with van der Waals surface area (Å²) in [6.45, 7) is 5.05. The van der Waals surface area contributed by atoms with Gasteiger partial charge in [-0.15, -0.1) is 35.1 Å². The molecule has 0 atom stereocenters. The fourth-order valence-corrected chi connectivity index (χ4v) is 6.30. The van der Waals surface area contributed by atoms with E-state index in [9.17, 15) is 9.59 Å². The molecule has 5 rings (SSSR count). The standard InChI is InChI=1S/C18H21ClN2O2S.C12H9ClO2S.ClH/c19-15-3-1-14(2-4-15)17-6-5-16(24-17)13-18(22)20-7-8-21-9-11-23-12-10-21;13-9-3-1-8(2-4-9)11-6-5-10(16-11)7-12(14)15;/h1-6H,7-13H2,(H,20,22);1-6H,7H2,(H,14,15);1H. The Morgan fingerprint density at radius 3 is 1.76 bits per heavy atom. The summed E-state index contributed by atoms with van der Waals surface area (Å²) in [6, 6.07) is 23.2. The molecule has 6 nitrogen and oxygen atoms in total. The molecule has 0 unspecified atom stereocenters. The van der Waals surface area contributed by atoms with E-state index in [-0.39, 0.29) is 24.7 Å². The van der Waals surface area contributed by atoms with Crippen LogP contribution in [0.1, 0.15) is 9.75 Å². The van der Waals surface area contributed by atoms with Crippen LogP contribution in [0.3, 0.4) is 0 Å². The fourth-order valence-electron chi connectivity index (χ4n) is 4.03. The van der Waals surface area contributed by atoms with E-state index in [2.05, 4.69) is 16.3 Å². The number of benzene rings is 2. The van der Waals surface area contributed by atoms with Gasteiger partial charge in [0.1, 0.15) is 0 Å². The fraction of sp³-hybridized carbons (Fsp3) is 0.267. The van der Waals surface area contributed by atoms with E-state index in [1.807, 2.05) is 66.7 Å². The van der Waals surface area contributed by atoms with Gasteiger partial charge < -0.3 is 15.2 Å². The maximum Gasteiger partial charge on any atom is 0.308 e. The van der Waals surface area contributed by atoms with Crippen molar-refractivity contribution in [3.8, 4) is 20.9 Å².